The summed E-state index contributed by atoms with van der Waals surface area (Å²) in [6.45, 7) is -0.580. The number of phenolic OH excluding ortho intramolecular Hbond substituents is 1. The van der Waals surface area contributed by atoms with E-state index in [1.807, 2.05) is 0 Å². The van der Waals surface area contributed by atoms with Gasteiger partial charge in [-0.15, -0.1) is 11.3 Å². The van der Waals surface area contributed by atoms with Gasteiger partial charge in [0.05, 0.1) is 5.69 Å². The highest BCUT2D eigenvalue weighted by molar-refractivity contribution is 7.94. The molecule has 2 aliphatic heterocycles. The molecular weight excluding hydrogens is 412 g/mol. The fourth-order valence-corrected chi connectivity index (χ4v) is 4.60. The zero-order valence-corrected chi connectivity index (χ0v) is 15.6. The van der Waals surface area contributed by atoms with Crippen molar-refractivity contribution in [2.24, 2.45) is 0 Å². The number of amides is 2. The Kier molecular flexibility index (Phi) is 4.35. The summed E-state index contributed by atoms with van der Waals surface area (Å²) in [5.74, 6) is -0.921. The maximum atomic E-state index is 12.5. The minimum absolute atomic E-state index is 0.0337. The van der Waals surface area contributed by atoms with Gasteiger partial charge in [-0.05, 0) is 23.6 Å². The largest absolute Gasteiger partial charge is 0.504 e. The minimum Gasteiger partial charge on any atom is -0.504 e. The van der Waals surface area contributed by atoms with E-state index in [-0.39, 0.29) is 46.1 Å². The Morgan fingerprint density at radius 1 is 1.21 bits per heavy atom. The molecular formula is C16H12N2O8S2. The third kappa shape index (κ3) is 3.12. The number of nitrogens with zero attached hydrogens (tertiary/aromatic N) is 1. The second-order valence-electron chi connectivity index (χ2n) is 5.60. The van der Waals surface area contributed by atoms with Gasteiger partial charge in [-0.25, -0.2) is 18.1 Å². The van der Waals surface area contributed by atoms with E-state index in [2.05, 4.69) is 9.46 Å². The molecule has 0 radical (unpaired) electrons. The molecule has 2 amide bonds. The van der Waals surface area contributed by atoms with Crippen molar-refractivity contribution in [2.75, 3.05) is 18.1 Å². The molecule has 28 heavy (non-hydrogen) atoms. The lowest BCUT2D eigenvalue weighted by Crippen LogP contribution is -2.22. The molecule has 0 bridgehead atoms. The number of carbonyl (C=O) groups is 2. The number of nitrogens with one attached hydrogen (secondary N) is 1. The van der Waals surface area contributed by atoms with Gasteiger partial charge in [-0.1, -0.05) is 6.07 Å². The van der Waals surface area contributed by atoms with Gasteiger partial charge in [-0.3, -0.25) is 9.52 Å². The molecule has 4 rings (SSSR count). The molecule has 0 atom stereocenters. The maximum Gasteiger partial charge on any atom is 0.421 e. The number of rotatable bonds is 5. The highest BCUT2D eigenvalue weighted by Gasteiger charge is 2.30. The molecule has 2 aromatic rings. The lowest BCUT2D eigenvalue weighted by molar-refractivity contribution is -0.124. The Morgan fingerprint density at radius 3 is 2.68 bits per heavy atom. The Morgan fingerprint density at radius 2 is 2.00 bits per heavy atom. The molecule has 1 aromatic carbocycles. The second kappa shape index (κ2) is 6.73. The first-order chi connectivity index (χ1) is 13.4. The minimum atomic E-state index is -3.88. The lowest BCUT2D eigenvalue weighted by Gasteiger charge is -2.12. The van der Waals surface area contributed by atoms with Gasteiger partial charge in [0.2, 0.25) is 12.5 Å². The smallest absolute Gasteiger partial charge is 0.421 e. The van der Waals surface area contributed by atoms with Crippen LogP contribution in [0, 0.1) is 0 Å². The van der Waals surface area contributed by atoms with E-state index in [1.165, 1.54) is 18.2 Å². The van der Waals surface area contributed by atoms with Crippen LogP contribution in [0.25, 0.3) is 6.08 Å². The summed E-state index contributed by atoms with van der Waals surface area (Å²) < 4.78 is 42.6. The fraction of sp³-hybridized carbons (Fsp3) is 0.125. The first-order valence-corrected chi connectivity index (χ1v) is 10.1. The van der Waals surface area contributed by atoms with Crippen LogP contribution in [0.15, 0.2) is 34.0 Å². The van der Waals surface area contributed by atoms with Crippen molar-refractivity contribution in [3.05, 3.63) is 35.3 Å². The van der Waals surface area contributed by atoms with Crippen molar-refractivity contribution in [2.45, 2.75) is 4.21 Å². The van der Waals surface area contributed by atoms with Crippen LogP contribution in [-0.2, 0) is 19.6 Å². The average molecular weight is 424 g/mol. The molecule has 1 aromatic heterocycles. The van der Waals surface area contributed by atoms with E-state index >= 15 is 0 Å². The summed E-state index contributed by atoms with van der Waals surface area (Å²) in [6, 6.07) is 4.34. The summed E-state index contributed by atoms with van der Waals surface area (Å²) >= 11 is 1.04. The van der Waals surface area contributed by atoms with Crippen molar-refractivity contribution in [1.82, 2.24) is 4.90 Å². The number of aromatic hydroxyl groups is 1. The van der Waals surface area contributed by atoms with E-state index in [9.17, 15) is 23.1 Å². The third-order valence-corrected chi connectivity index (χ3v) is 6.60. The predicted octanol–water partition coefficient (Wildman–Crippen LogP) is 1.93. The van der Waals surface area contributed by atoms with Crippen molar-refractivity contribution >= 4 is 45.1 Å². The van der Waals surface area contributed by atoms with E-state index in [4.69, 9.17) is 9.47 Å². The summed E-state index contributed by atoms with van der Waals surface area (Å²) in [5, 5.41) is 12.0. The van der Waals surface area contributed by atoms with Crippen LogP contribution in [0.1, 0.15) is 5.56 Å². The van der Waals surface area contributed by atoms with Crippen LogP contribution < -0.4 is 14.2 Å². The molecule has 0 saturated carbocycles. The quantitative estimate of drug-likeness (QED) is 0.696. The number of ether oxygens (including phenoxy) is 3. The monoisotopic (exact) mass is 424 g/mol. The van der Waals surface area contributed by atoms with Gasteiger partial charge in [0.25, 0.3) is 15.9 Å². The Hall–Kier alpha value is -3.25. The normalized spacial score (nSPS) is 16.1. The predicted molar refractivity (Wildman–Crippen MR) is 96.6 cm³/mol. The zero-order chi connectivity index (χ0) is 19.9. The number of hydrogen-bond acceptors (Lipinski definition) is 9. The third-order valence-electron chi connectivity index (χ3n) is 3.84. The van der Waals surface area contributed by atoms with Gasteiger partial charge in [0.1, 0.15) is 4.21 Å². The fourth-order valence-electron chi connectivity index (χ4n) is 2.55. The molecule has 2 N–H and O–H groups in total. The van der Waals surface area contributed by atoms with Crippen LogP contribution in [0.4, 0.5) is 10.5 Å². The van der Waals surface area contributed by atoms with Gasteiger partial charge < -0.3 is 19.3 Å². The second-order valence-corrected chi connectivity index (χ2v) is 8.46. The van der Waals surface area contributed by atoms with Gasteiger partial charge in [-0.2, -0.15) is 0 Å². The highest BCUT2D eigenvalue weighted by Crippen LogP contribution is 2.48. The molecule has 12 heteroatoms. The molecule has 0 unspecified atom stereocenters. The first kappa shape index (κ1) is 18.1. The number of hydrogen-bond donors (Lipinski definition) is 2. The van der Waals surface area contributed by atoms with E-state index < -0.39 is 22.0 Å². The van der Waals surface area contributed by atoms with E-state index in [1.54, 1.807) is 11.4 Å². The maximum absolute atomic E-state index is 12.5. The average Bonchev–Trinajstić information content (AvgIpc) is 3.39. The molecule has 146 valence electrons. The molecule has 1 fully saturated rings. The standard InChI is InChI=1S/C16H12N2O8S2/c19-11-7-24-16(21)18(11)4-3-9-6-10(14-15(13(9)20)26-8-25-14)17-28(22,23)12-2-1-5-27-12/h1-6,17,20H,7-8H2/b4-3+. The summed E-state index contributed by atoms with van der Waals surface area (Å²) in [4.78, 5) is 23.8. The topological polar surface area (TPSA) is 131 Å². The number of thiophene rings is 1. The zero-order valence-electron chi connectivity index (χ0n) is 13.9. The van der Waals surface area contributed by atoms with Crippen molar-refractivity contribution in [3.63, 3.8) is 0 Å². The molecule has 0 spiro atoms. The Balaban J connectivity index is 1.72. The highest BCUT2D eigenvalue weighted by atomic mass is 32.2. The number of benzene rings is 1. The SMILES string of the molecule is O=C1COC(=O)N1/C=C/c1cc(NS(=O)(=O)c2cccs2)c2c(c1O)OCO2. The van der Waals surface area contributed by atoms with Crippen LogP contribution >= 0.6 is 11.3 Å². The number of imide groups is 1. The van der Waals surface area contributed by atoms with Crippen molar-refractivity contribution < 1.29 is 37.3 Å². The lowest BCUT2D eigenvalue weighted by atomic mass is 10.1. The van der Waals surface area contributed by atoms with E-state index in [0.717, 1.165) is 22.4 Å². The molecule has 1 saturated heterocycles. The molecule has 0 aliphatic carbocycles. The Bertz CT molecular complexity index is 1080. The van der Waals surface area contributed by atoms with Gasteiger partial charge in [0.15, 0.2) is 18.1 Å². The van der Waals surface area contributed by atoms with Crippen molar-refractivity contribution in [1.29, 1.82) is 0 Å². The van der Waals surface area contributed by atoms with Gasteiger partial charge in [0, 0.05) is 11.8 Å². The number of sulfonamides is 1. The summed E-state index contributed by atoms with van der Waals surface area (Å²) in [7, 11) is -3.88. The van der Waals surface area contributed by atoms with Crippen LogP contribution in [-0.4, -0.2) is 43.8 Å². The van der Waals surface area contributed by atoms with Crippen LogP contribution in [0.5, 0.6) is 17.2 Å². The summed E-state index contributed by atoms with van der Waals surface area (Å²) in [6.07, 6.45) is 1.53. The van der Waals surface area contributed by atoms with Crippen molar-refractivity contribution in [3.8, 4) is 17.2 Å². The number of anilines is 1. The molecule has 3 heterocycles. The van der Waals surface area contributed by atoms with Gasteiger partial charge >= 0.3 is 6.09 Å². The van der Waals surface area contributed by atoms with E-state index in [0.29, 0.717) is 0 Å². The number of fused-ring (bicyclic) bond motifs is 1. The Labute approximate surface area is 162 Å². The molecule has 10 nitrogen and oxygen atoms in total. The number of cyclic esters (lactones) is 1. The van der Waals surface area contributed by atoms with Crippen LogP contribution in [0.2, 0.25) is 0 Å². The summed E-state index contributed by atoms with van der Waals surface area (Å²) in [5.41, 5.74) is 0.134. The number of phenols is 1. The van der Waals surface area contributed by atoms with Crippen LogP contribution in [0.3, 0.4) is 0 Å². The molecule has 2 aliphatic rings. The first-order valence-electron chi connectivity index (χ1n) is 7.76. The number of carbonyl (C=O) groups excluding carboxylic acids is 2.